The second kappa shape index (κ2) is 5.15. The number of nitrogens with one attached hydrogen (secondary N) is 1. The highest BCUT2D eigenvalue weighted by Crippen LogP contribution is 2.24. The van der Waals surface area contributed by atoms with Gasteiger partial charge in [0.2, 0.25) is 0 Å². The van der Waals surface area contributed by atoms with Gasteiger partial charge in [0.1, 0.15) is 6.07 Å². The third kappa shape index (κ3) is 2.23. The van der Waals surface area contributed by atoms with E-state index < -0.39 is 6.09 Å². The Kier molecular flexibility index (Phi) is 3.39. The third-order valence-corrected chi connectivity index (χ3v) is 2.41. The van der Waals surface area contributed by atoms with Crippen LogP contribution in [-0.2, 0) is 4.74 Å². The lowest BCUT2D eigenvalue weighted by Gasteiger charge is -2.08. The van der Waals surface area contributed by atoms with Gasteiger partial charge in [-0.1, -0.05) is 0 Å². The van der Waals surface area contributed by atoms with Gasteiger partial charge in [-0.2, -0.15) is 5.26 Å². The van der Waals surface area contributed by atoms with E-state index in [4.69, 9.17) is 4.74 Å². The molecule has 5 heteroatoms. The van der Waals surface area contributed by atoms with Crippen molar-refractivity contribution in [2.75, 3.05) is 11.9 Å². The molecule has 0 aliphatic carbocycles. The summed E-state index contributed by atoms with van der Waals surface area (Å²) in [6.07, 6.45) is 1.08. The van der Waals surface area contributed by atoms with Crippen molar-refractivity contribution in [3.63, 3.8) is 0 Å². The van der Waals surface area contributed by atoms with Crippen LogP contribution >= 0.6 is 0 Å². The maximum Gasteiger partial charge on any atom is 0.411 e. The molecule has 0 spiro atoms. The van der Waals surface area contributed by atoms with E-state index in [0.717, 1.165) is 0 Å². The van der Waals surface area contributed by atoms with Crippen molar-refractivity contribution in [2.24, 2.45) is 0 Å². The van der Waals surface area contributed by atoms with E-state index >= 15 is 0 Å². The molecule has 0 saturated heterocycles. The molecular weight excluding hydrogens is 230 g/mol. The van der Waals surface area contributed by atoms with Crippen molar-refractivity contribution in [3.8, 4) is 6.07 Å². The molecule has 18 heavy (non-hydrogen) atoms. The molecular formula is C13H11N3O2. The highest BCUT2D eigenvalue weighted by Gasteiger charge is 2.10. The van der Waals surface area contributed by atoms with Crippen molar-refractivity contribution in [1.82, 2.24) is 4.98 Å². The number of amides is 1. The molecule has 1 N–H and O–H groups in total. The topological polar surface area (TPSA) is 75.0 Å². The minimum atomic E-state index is -0.572. The van der Waals surface area contributed by atoms with Gasteiger partial charge in [-0.05, 0) is 31.2 Å². The summed E-state index contributed by atoms with van der Waals surface area (Å²) in [5.74, 6) is 0. The van der Waals surface area contributed by atoms with E-state index in [0.29, 0.717) is 22.2 Å². The van der Waals surface area contributed by atoms with Crippen LogP contribution in [-0.4, -0.2) is 17.7 Å². The van der Waals surface area contributed by atoms with Gasteiger partial charge >= 0.3 is 6.09 Å². The summed E-state index contributed by atoms with van der Waals surface area (Å²) in [7, 11) is 0. The lowest BCUT2D eigenvalue weighted by Crippen LogP contribution is -2.14. The number of rotatable bonds is 2. The normalized spacial score (nSPS) is 9.78. The summed E-state index contributed by atoms with van der Waals surface area (Å²) in [6, 6.07) is 9.00. The molecule has 0 radical (unpaired) electrons. The van der Waals surface area contributed by atoms with Crippen molar-refractivity contribution in [1.29, 1.82) is 5.26 Å². The Hall–Kier alpha value is -2.61. The Morgan fingerprint density at radius 1 is 1.50 bits per heavy atom. The Labute approximate surface area is 104 Å². The molecule has 0 aliphatic heterocycles. The van der Waals surface area contributed by atoms with Gasteiger partial charge in [0.05, 0.1) is 23.4 Å². The zero-order valence-electron chi connectivity index (χ0n) is 9.80. The van der Waals surface area contributed by atoms with E-state index in [-0.39, 0.29) is 6.61 Å². The number of aromatic nitrogens is 1. The fourth-order valence-corrected chi connectivity index (χ4v) is 1.65. The average Bonchev–Trinajstić information content (AvgIpc) is 2.38. The number of carbonyl (C=O) groups excluding carboxylic acids is 1. The Morgan fingerprint density at radius 3 is 3.06 bits per heavy atom. The second-order valence-electron chi connectivity index (χ2n) is 3.52. The Balaban J connectivity index is 2.46. The first kappa shape index (κ1) is 11.9. The number of hydrogen-bond acceptors (Lipinski definition) is 4. The molecule has 1 aromatic carbocycles. The lowest BCUT2D eigenvalue weighted by atomic mass is 10.1. The number of carbonyl (C=O) groups is 1. The predicted molar refractivity (Wildman–Crippen MR) is 67.1 cm³/mol. The quantitative estimate of drug-likeness (QED) is 0.877. The van der Waals surface area contributed by atoms with Crippen molar-refractivity contribution >= 4 is 22.7 Å². The highest BCUT2D eigenvalue weighted by atomic mass is 16.5. The monoisotopic (exact) mass is 241 g/mol. The van der Waals surface area contributed by atoms with Gasteiger partial charge in [-0.3, -0.25) is 10.3 Å². The van der Waals surface area contributed by atoms with Gasteiger partial charge in [-0.15, -0.1) is 0 Å². The van der Waals surface area contributed by atoms with Crippen LogP contribution in [0.25, 0.3) is 10.9 Å². The molecule has 1 amide bonds. The molecule has 0 unspecified atom stereocenters. The Bertz CT molecular complexity index is 632. The van der Waals surface area contributed by atoms with Crippen LogP contribution in [0.4, 0.5) is 10.5 Å². The maximum absolute atomic E-state index is 11.4. The summed E-state index contributed by atoms with van der Waals surface area (Å²) < 4.78 is 4.78. The van der Waals surface area contributed by atoms with Crippen LogP contribution in [0, 0.1) is 11.3 Å². The van der Waals surface area contributed by atoms with Crippen LogP contribution in [0.3, 0.4) is 0 Å². The van der Waals surface area contributed by atoms with E-state index in [1.807, 2.05) is 0 Å². The molecule has 90 valence electrons. The first-order valence-electron chi connectivity index (χ1n) is 5.48. The largest absolute Gasteiger partial charge is 0.450 e. The number of fused-ring (bicyclic) bond motifs is 1. The molecule has 2 aromatic rings. The zero-order chi connectivity index (χ0) is 13.0. The first-order valence-corrected chi connectivity index (χ1v) is 5.48. The summed E-state index contributed by atoms with van der Waals surface area (Å²) in [6.45, 7) is 2.00. The van der Waals surface area contributed by atoms with Gasteiger partial charge in [0, 0.05) is 11.6 Å². The molecule has 0 fully saturated rings. The van der Waals surface area contributed by atoms with Crippen molar-refractivity contribution < 1.29 is 9.53 Å². The number of benzene rings is 1. The van der Waals surface area contributed by atoms with Crippen LogP contribution < -0.4 is 5.32 Å². The van der Waals surface area contributed by atoms with Crippen LogP contribution in [0.2, 0.25) is 0 Å². The van der Waals surface area contributed by atoms with Crippen LogP contribution in [0.15, 0.2) is 30.5 Å². The summed E-state index contributed by atoms with van der Waals surface area (Å²) >= 11 is 0. The van der Waals surface area contributed by atoms with Crippen LogP contribution in [0.1, 0.15) is 12.5 Å². The van der Waals surface area contributed by atoms with Gasteiger partial charge in [0.25, 0.3) is 0 Å². The molecule has 0 atom stereocenters. The van der Waals surface area contributed by atoms with Crippen LogP contribution in [0.5, 0.6) is 0 Å². The molecule has 0 aliphatic rings. The minimum absolute atomic E-state index is 0.281. The molecule has 1 aromatic heterocycles. The number of ether oxygens (including phenoxy) is 1. The number of hydrogen-bond donors (Lipinski definition) is 1. The fraction of sp³-hybridized carbons (Fsp3) is 0.154. The number of nitrogens with zero attached hydrogens (tertiary/aromatic N) is 2. The second-order valence-corrected chi connectivity index (χ2v) is 3.52. The average molecular weight is 241 g/mol. The molecule has 0 saturated carbocycles. The number of nitriles is 1. The molecule has 0 bridgehead atoms. The fourth-order valence-electron chi connectivity index (χ4n) is 1.65. The SMILES string of the molecule is CCOC(=O)Nc1ccc2ncccc2c1C#N. The van der Waals surface area contributed by atoms with Gasteiger partial charge in [0.15, 0.2) is 0 Å². The van der Waals surface area contributed by atoms with Crippen molar-refractivity contribution in [3.05, 3.63) is 36.0 Å². The van der Waals surface area contributed by atoms with E-state index in [1.54, 1.807) is 37.4 Å². The van der Waals surface area contributed by atoms with Gasteiger partial charge in [-0.25, -0.2) is 4.79 Å². The number of anilines is 1. The predicted octanol–water partition coefficient (Wildman–Crippen LogP) is 2.67. The molecule has 2 rings (SSSR count). The van der Waals surface area contributed by atoms with E-state index in [9.17, 15) is 10.1 Å². The third-order valence-electron chi connectivity index (χ3n) is 2.41. The summed E-state index contributed by atoms with van der Waals surface area (Å²) in [4.78, 5) is 15.5. The maximum atomic E-state index is 11.4. The minimum Gasteiger partial charge on any atom is -0.450 e. The smallest absolute Gasteiger partial charge is 0.411 e. The van der Waals surface area contributed by atoms with E-state index in [1.165, 1.54) is 0 Å². The summed E-state index contributed by atoms with van der Waals surface area (Å²) in [5.41, 5.74) is 1.52. The first-order chi connectivity index (χ1) is 8.76. The summed E-state index contributed by atoms with van der Waals surface area (Å²) in [5, 5.41) is 12.4. The van der Waals surface area contributed by atoms with Gasteiger partial charge < -0.3 is 4.74 Å². The lowest BCUT2D eigenvalue weighted by molar-refractivity contribution is 0.168. The highest BCUT2D eigenvalue weighted by molar-refractivity contribution is 5.95. The Morgan fingerprint density at radius 2 is 2.33 bits per heavy atom. The standard InChI is InChI=1S/C13H11N3O2/c1-2-18-13(17)16-12-6-5-11-9(10(12)8-14)4-3-7-15-11/h3-7H,2H2,1H3,(H,16,17). The zero-order valence-corrected chi connectivity index (χ0v) is 9.80. The molecule has 5 nitrogen and oxygen atoms in total. The molecule has 1 heterocycles. The number of pyridine rings is 1. The van der Waals surface area contributed by atoms with E-state index in [2.05, 4.69) is 16.4 Å². The van der Waals surface area contributed by atoms with Crippen molar-refractivity contribution in [2.45, 2.75) is 6.92 Å².